The van der Waals surface area contributed by atoms with Crippen molar-refractivity contribution in [3.63, 3.8) is 0 Å². The predicted molar refractivity (Wildman–Crippen MR) is 106 cm³/mol. The third-order valence-electron chi connectivity index (χ3n) is 4.25. The normalized spacial score (nSPS) is 14.4. The topological polar surface area (TPSA) is 76.4 Å². The van der Waals surface area contributed by atoms with Crippen LogP contribution in [0, 0.1) is 0 Å². The first-order valence-electron chi connectivity index (χ1n) is 9.11. The number of ether oxygens (including phenoxy) is 1. The lowest BCUT2D eigenvalue weighted by molar-refractivity contribution is -0.00127. The molecule has 0 saturated heterocycles. The Bertz CT molecular complexity index is 986. The number of nitrogens with zero attached hydrogens (tertiary/aromatic N) is 4. The van der Waals surface area contributed by atoms with Gasteiger partial charge in [0, 0.05) is 23.9 Å². The Morgan fingerprint density at radius 3 is 2.89 bits per heavy atom. The van der Waals surface area contributed by atoms with E-state index in [-0.39, 0.29) is 5.60 Å². The summed E-state index contributed by atoms with van der Waals surface area (Å²) < 4.78 is 7.83. The molecule has 0 unspecified atom stereocenters. The van der Waals surface area contributed by atoms with E-state index >= 15 is 0 Å². The lowest BCUT2D eigenvalue weighted by atomic mass is 10.2. The van der Waals surface area contributed by atoms with Gasteiger partial charge < -0.3 is 10.2 Å². The number of rotatable bonds is 5. The van der Waals surface area contributed by atoms with Crippen molar-refractivity contribution in [3.8, 4) is 5.69 Å². The Morgan fingerprint density at radius 2 is 2.11 bits per heavy atom. The second-order valence-electron chi connectivity index (χ2n) is 7.48. The highest BCUT2D eigenvalue weighted by atomic mass is 16.5. The second-order valence-corrected chi connectivity index (χ2v) is 7.48. The molecule has 0 radical (unpaired) electrons. The molecule has 2 N–H and O–H groups in total. The van der Waals surface area contributed by atoms with Gasteiger partial charge in [-0.05, 0) is 39.0 Å². The number of aromatic nitrogens is 3. The Morgan fingerprint density at radius 1 is 1.22 bits per heavy atom. The zero-order valence-corrected chi connectivity index (χ0v) is 15.9. The molecular weight excluding hydrogens is 340 g/mol. The summed E-state index contributed by atoms with van der Waals surface area (Å²) in [5.74, 6) is 0.848. The molecule has 0 saturated carbocycles. The molecule has 1 aromatic carbocycles. The fourth-order valence-corrected chi connectivity index (χ4v) is 2.99. The van der Waals surface area contributed by atoms with E-state index in [1.807, 2.05) is 35.2 Å². The van der Waals surface area contributed by atoms with Crippen LogP contribution in [0.25, 0.3) is 16.9 Å². The number of hydrazine groups is 1. The standard InChI is InChI=1S/C20H24N6O/c1-20(2,3)27-10-8-15-12-21-19-17(24-15)7-9-26(19)16-6-4-5-14(11-16)18-22-13-23-25-18/h4-7,9,11-12,23H,8,10,13H2,1-3H3,(H,22,25). The fraction of sp³-hybridized carbons (Fsp3) is 0.350. The number of nitrogens with one attached hydrogen (secondary N) is 2. The third-order valence-corrected chi connectivity index (χ3v) is 4.25. The maximum atomic E-state index is 5.79. The van der Waals surface area contributed by atoms with Crippen LogP contribution in [0.1, 0.15) is 32.0 Å². The quantitative estimate of drug-likeness (QED) is 0.728. The van der Waals surface area contributed by atoms with Crippen molar-refractivity contribution in [1.82, 2.24) is 25.4 Å². The van der Waals surface area contributed by atoms with Crippen molar-refractivity contribution >= 4 is 17.0 Å². The smallest absolute Gasteiger partial charge is 0.163 e. The van der Waals surface area contributed by atoms with Crippen LogP contribution >= 0.6 is 0 Å². The number of hydrogen-bond donors (Lipinski definition) is 2. The van der Waals surface area contributed by atoms with E-state index < -0.39 is 0 Å². The molecule has 0 atom stereocenters. The molecule has 3 heterocycles. The van der Waals surface area contributed by atoms with Crippen molar-refractivity contribution in [3.05, 3.63) is 54.0 Å². The van der Waals surface area contributed by atoms with E-state index in [1.54, 1.807) is 0 Å². The van der Waals surface area contributed by atoms with Crippen LogP contribution in [0.5, 0.6) is 0 Å². The molecule has 3 aromatic rings. The van der Waals surface area contributed by atoms with Gasteiger partial charge in [-0.15, -0.1) is 0 Å². The minimum atomic E-state index is -0.139. The van der Waals surface area contributed by atoms with Gasteiger partial charge in [-0.2, -0.15) is 0 Å². The molecule has 140 valence electrons. The number of benzene rings is 1. The molecule has 0 fully saturated rings. The minimum Gasteiger partial charge on any atom is -0.375 e. The maximum absolute atomic E-state index is 5.79. The van der Waals surface area contributed by atoms with Gasteiger partial charge >= 0.3 is 0 Å². The van der Waals surface area contributed by atoms with Gasteiger partial charge in [0.15, 0.2) is 5.65 Å². The first-order valence-corrected chi connectivity index (χ1v) is 9.11. The molecule has 0 aliphatic carbocycles. The summed E-state index contributed by atoms with van der Waals surface area (Å²) in [6, 6.07) is 10.2. The van der Waals surface area contributed by atoms with Crippen LogP contribution in [0.4, 0.5) is 0 Å². The molecule has 1 aliphatic rings. The van der Waals surface area contributed by atoms with Crippen molar-refractivity contribution in [2.24, 2.45) is 4.99 Å². The van der Waals surface area contributed by atoms with Crippen molar-refractivity contribution in [2.75, 3.05) is 13.3 Å². The monoisotopic (exact) mass is 364 g/mol. The molecule has 0 spiro atoms. The summed E-state index contributed by atoms with van der Waals surface area (Å²) in [6.07, 6.45) is 4.59. The molecule has 2 aromatic heterocycles. The van der Waals surface area contributed by atoms with Gasteiger partial charge in [0.05, 0.1) is 24.1 Å². The Balaban J connectivity index is 1.58. The number of aliphatic imine (C=N–C) groups is 1. The van der Waals surface area contributed by atoms with Crippen LogP contribution in [0.15, 0.2) is 47.7 Å². The van der Waals surface area contributed by atoms with Crippen LogP contribution in [-0.2, 0) is 11.2 Å². The molecule has 4 rings (SSSR count). The molecule has 0 bridgehead atoms. The van der Waals surface area contributed by atoms with Gasteiger partial charge in [0.25, 0.3) is 0 Å². The van der Waals surface area contributed by atoms with Crippen molar-refractivity contribution in [1.29, 1.82) is 0 Å². The van der Waals surface area contributed by atoms with Gasteiger partial charge in [-0.3, -0.25) is 4.57 Å². The summed E-state index contributed by atoms with van der Waals surface area (Å²) in [6.45, 7) is 7.38. The van der Waals surface area contributed by atoms with Crippen LogP contribution in [0.3, 0.4) is 0 Å². The third kappa shape index (κ3) is 3.99. The van der Waals surface area contributed by atoms with Crippen LogP contribution < -0.4 is 10.9 Å². The van der Waals surface area contributed by atoms with Crippen molar-refractivity contribution in [2.45, 2.75) is 32.8 Å². The Hall–Kier alpha value is -2.77. The van der Waals surface area contributed by atoms with E-state index in [0.717, 1.165) is 40.4 Å². The highest BCUT2D eigenvalue weighted by Crippen LogP contribution is 2.19. The summed E-state index contributed by atoms with van der Waals surface area (Å²) >= 11 is 0. The van der Waals surface area contributed by atoms with E-state index in [9.17, 15) is 0 Å². The van der Waals surface area contributed by atoms with E-state index in [1.165, 1.54) is 0 Å². The Labute approximate surface area is 158 Å². The molecular formula is C20H24N6O. The average molecular weight is 364 g/mol. The predicted octanol–water partition coefficient (Wildman–Crippen LogP) is 2.59. The lowest BCUT2D eigenvalue weighted by Crippen LogP contribution is -2.30. The molecule has 7 nitrogen and oxygen atoms in total. The van der Waals surface area contributed by atoms with E-state index in [0.29, 0.717) is 13.3 Å². The summed E-state index contributed by atoms with van der Waals surface area (Å²) in [7, 11) is 0. The highest BCUT2D eigenvalue weighted by Gasteiger charge is 2.12. The lowest BCUT2D eigenvalue weighted by Gasteiger charge is -2.19. The maximum Gasteiger partial charge on any atom is 0.163 e. The fourth-order valence-electron chi connectivity index (χ4n) is 2.99. The summed E-state index contributed by atoms with van der Waals surface area (Å²) in [4.78, 5) is 13.8. The summed E-state index contributed by atoms with van der Waals surface area (Å²) in [5.41, 5.74) is 10.6. The van der Waals surface area contributed by atoms with E-state index in [2.05, 4.69) is 53.7 Å². The van der Waals surface area contributed by atoms with Crippen LogP contribution in [0.2, 0.25) is 0 Å². The van der Waals surface area contributed by atoms with Gasteiger partial charge in [0.1, 0.15) is 18.0 Å². The number of hydrogen-bond acceptors (Lipinski definition) is 6. The number of amidine groups is 1. The van der Waals surface area contributed by atoms with Crippen molar-refractivity contribution < 1.29 is 4.74 Å². The van der Waals surface area contributed by atoms with Crippen LogP contribution in [-0.4, -0.2) is 39.2 Å². The Kier molecular flexibility index (Phi) is 4.63. The SMILES string of the molecule is CC(C)(C)OCCc1cnc2c(ccn2-c2cccc(C3=NCNN3)c2)n1. The van der Waals surface area contributed by atoms with Gasteiger partial charge in [-0.1, -0.05) is 12.1 Å². The zero-order valence-electron chi connectivity index (χ0n) is 15.9. The molecule has 0 amide bonds. The summed E-state index contributed by atoms with van der Waals surface area (Å²) in [5, 5.41) is 0. The highest BCUT2D eigenvalue weighted by molar-refractivity contribution is 5.99. The van der Waals surface area contributed by atoms with Gasteiger partial charge in [0.2, 0.25) is 0 Å². The first kappa shape index (κ1) is 17.6. The largest absolute Gasteiger partial charge is 0.375 e. The zero-order chi connectivity index (χ0) is 18.9. The molecule has 1 aliphatic heterocycles. The molecule has 7 heteroatoms. The van der Waals surface area contributed by atoms with Gasteiger partial charge in [-0.25, -0.2) is 20.4 Å². The van der Waals surface area contributed by atoms with E-state index in [4.69, 9.17) is 9.72 Å². The molecule has 27 heavy (non-hydrogen) atoms. The average Bonchev–Trinajstić information content (AvgIpc) is 3.30. The minimum absolute atomic E-state index is 0.139. The first-order chi connectivity index (χ1) is 13.0. The second kappa shape index (κ2) is 7.09. The number of fused-ring (bicyclic) bond motifs is 1.